The third kappa shape index (κ3) is 5.23. The summed E-state index contributed by atoms with van der Waals surface area (Å²) < 4.78 is 43.8. The van der Waals surface area contributed by atoms with Crippen LogP contribution < -0.4 is 14.8 Å². The first kappa shape index (κ1) is 24.0. The maximum Gasteiger partial charge on any atom is 0.265 e. The second-order valence-electron chi connectivity index (χ2n) is 7.83. The number of amides is 1. The molecule has 0 saturated carbocycles. The number of benzene rings is 2. The van der Waals surface area contributed by atoms with Crippen LogP contribution in [0.5, 0.6) is 11.5 Å². The molecule has 8 nitrogen and oxygen atoms in total. The minimum Gasteiger partial charge on any atom is -0.495 e. The normalized spacial score (nSPS) is 15.8. The summed E-state index contributed by atoms with van der Waals surface area (Å²) in [6.45, 7) is 8.83. The van der Waals surface area contributed by atoms with Crippen LogP contribution >= 0.6 is 0 Å². The number of carbonyl (C=O) groups is 1. The fourth-order valence-electron chi connectivity index (χ4n) is 3.48. The lowest BCUT2D eigenvalue weighted by Gasteiger charge is -2.26. The monoisotopic (exact) mass is 462 g/mol. The van der Waals surface area contributed by atoms with Crippen LogP contribution in [-0.4, -0.2) is 58.1 Å². The van der Waals surface area contributed by atoms with Crippen molar-refractivity contribution in [3.8, 4) is 11.5 Å². The average molecular weight is 463 g/mol. The second-order valence-corrected chi connectivity index (χ2v) is 9.77. The summed E-state index contributed by atoms with van der Waals surface area (Å²) in [4.78, 5) is 12.9. The summed E-state index contributed by atoms with van der Waals surface area (Å²) in [5, 5.41) is 2.75. The largest absolute Gasteiger partial charge is 0.495 e. The van der Waals surface area contributed by atoms with E-state index in [1.54, 1.807) is 6.92 Å². The summed E-state index contributed by atoms with van der Waals surface area (Å²) in [6.07, 6.45) is -0.806. The minimum absolute atomic E-state index is 0.0780. The number of ether oxygens (including phenoxy) is 3. The molecule has 1 fully saturated rings. The van der Waals surface area contributed by atoms with Crippen LogP contribution in [0.2, 0.25) is 0 Å². The molecule has 1 aliphatic heterocycles. The van der Waals surface area contributed by atoms with Crippen LogP contribution in [-0.2, 0) is 19.6 Å². The van der Waals surface area contributed by atoms with Gasteiger partial charge in [0.05, 0.1) is 30.9 Å². The predicted octanol–water partition coefficient (Wildman–Crippen LogP) is 3.05. The number of morpholine rings is 1. The van der Waals surface area contributed by atoms with Gasteiger partial charge in [0.25, 0.3) is 5.91 Å². The number of nitrogens with zero attached hydrogens (tertiary/aromatic N) is 1. The van der Waals surface area contributed by atoms with E-state index in [0.29, 0.717) is 24.7 Å². The number of hydrogen-bond acceptors (Lipinski definition) is 6. The van der Waals surface area contributed by atoms with Crippen molar-refractivity contribution in [1.82, 2.24) is 4.31 Å². The first-order valence-corrected chi connectivity index (χ1v) is 11.9. The van der Waals surface area contributed by atoms with Gasteiger partial charge in [-0.3, -0.25) is 4.79 Å². The molecule has 32 heavy (non-hydrogen) atoms. The average Bonchev–Trinajstić information content (AvgIpc) is 2.77. The van der Waals surface area contributed by atoms with Gasteiger partial charge in [0, 0.05) is 13.1 Å². The molecule has 1 amide bonds. The lowest BCUT2D eigenvalue weighted by molar-refractivity contribution is -0.122. The molecule has 0 aromatic heterocycles. The molecule has 3 rings (SSSR count). The molecule has 2 aromatic rings. The Kier molecular flexibility index (Phi) is 7.43. The molecule has 1 atom stereocenters. The highest BCUT2D eigenvalue weighted by atomic mass is 32.2. The van der Waals surface area contributed by atoms with Crippen molar-refractivity contribution in [2.75, 3.05) is 38.7 Å². The SMILES string of the molecule is COc1ccc(S(=O)(=O)N2CCOCC2)cc1NC(=O)[C@H](C)Oc1cc(C)cc(C)c1C. The molecule has 1 saturated heterocycles. The Morgan fingerprint density at radius 3 is 2.44 bits per heavy atom. The van der Waals surface area contributed by atoms with Crippen molar-refractivity contribution in [2.45, 2.75) is 38.7 Å². The highest BCUT2D eigenvalue weighted by molar-refractivity contribution is 7.89. The van der Waals surface area contributed by atoms with Gasteiger partial charge < -0.3 is 19.5 Å². The summed E-state index contributed by atoms with van der Waals surface area (Å²) >= 11 is 0. The molecule has 2 aromatic carbocycles. The van der Waals surface area contributed by atoms with Crippen molar-refractivity contribution >= 4 is 21.6 Å². The van der Waals surface area contributed by atoms with E-state index < -0.39 is 22.0 Å². The van der Waals surface area contributed by atoms with Crippen LogP contribution in [0.1, 0.15) is 23.6 Å². The zero-order valence-corrected chi connectivity index (χ0v) is 19.9. The molecule has 0 unspecified atom stereocenters. The molecule has 1 N–H and O–H groups in total. The topological polar surface area (TPSA) is 94.2 Å². The third-order valence-corrected chi connectivity index (χ3v) is 7.37. The summed E-state index contributed by atoms with van der Waals surface area (Å²) in [5.41, 5.74) is 3.35. The molecular weight excluding hydrogens is 432 g/mol. The number of hydrogen-bond donors (Lipinski definition) is 1. The van der Waals surface area contributed by atoms with Gasteiger partial charge in [0.2, 0.25) is 10.0 Å². The zero-order chi connectivity index (χ0) is 23.5. The van der Waals surface area contributed by atoms with E-state index >= 15 is 0 Å². The number of sulfonamides is 1. The van der Waals surface area contributed by atoms with Crippen LogP contribution in [0.3, 0.4) is 0 Å². The molecule has 9 heteroatoms. The Morgan fingerprint density at radius 2 is 1.78 bits per heavy atom. The molecule has 1 heterocycles. The number of carbonyl (C=O) groups excluding carboxylic acids is 1. The summed E-state index contributed by atoms with van der Waals surface area (Å²) in [7, 11) is -2.26. The van der Waals surface area contributed by atoms with Gasteiger partial charge in [-0.25, -0.2) is 8.42 Å². The number of anilines is 1. The zero-order valence-electron chi connectivity index (χ0n) is 19.1. The van der Waals surface area contributed by atoms with Gasteiger partial charge in [-0.1, -0.05) is 6.07 Å². The maximum absolute atomic E-state index is 13.0. The van der Waals surface area contributed by atoms with Crippen LogP contribution in [0, 0.1) is 20.8 Å². The van der Waals surface area contributed by atoms with Gasteiger partial charge >= 0.3 is 0 Å². The number of nitrogens with one attached hydrogen (secondary N) is 1. The van der Waals surface area contributed by atoms with E-state index in [2.05, 4.69) is 11.4 Å². The fraction of sp³-hybridized carbons (Fsp3) is 0.435. The van der Waals surface area contributed by atoms with Crippen LogP contribution in [0.25, 0.3) is 0 Å². The summed E-state index contributed by atoms with van der Waals surface area (Å²) in [5.74, 6) is 0.581. The molecule has 0 bridgehead atoms. The molecular formula is C23H30N2O6S. The molecule has 174 valence electrons. The van der Waals surface area contributed by atoms with Crippen molar-refractivity contribution in [3.05, 3.63) is 47.0 Å². The lowest BCUT2D eigenvalue weighted by atomic mass is 10.1. The smallest absolute Gasteiger partial charge is 0.265 e. The first-order chi connectivity index (χ1) is 15.1. The van der Waals surface area contributed by atoms with Crippen molar-refractivity contribution in [2.24, 2.45) is 0 Å². The number of methoxy groups -OCH3 is 1. The van der Waals surface area contributed by atoms with E-state index in [1.165, 1.54) is 29.6 Å². The quantitative estimate of drug-likeness (QED) is 0.680. The Morgan fingerprint density at radius 1 is 1.09 bits per heavy atom. The van der Waals surface area contributed by atoms with Gasteiger partial charge in [-0.15, -0.1) is 0 Å². The highest BCUT2D eigenvalue weighted by Crippen LogP contribution is 2.30. The van der Waals surface area contributed by atoms with Crippen LogP contribution in [0.15, 0.2) is 35.2 Å². The number of rotatable bonds is 7. The van der Waals surface area contributed by atoms with Gasteiger partial charge in [-0.2, -0.15) is 4.31 Å². The van der Waals surface area contributed by atoms with Gasteiger partial charge in [0.15, 0.2) is 6.10 Å². The van der Waals surface area contributed by atoms with Crippen LogP contribution in [0.4, 0.5) is 5.69 Å². The van der Waals surface area contributed by atoms with E-state index in [-0.39, 0.29) is 23.7 Å². The van der Waals surface area contributed by atoms with Gasteiger partial charge in [-0.05, 0) is 68.7 Å². The standard InChI is InChI=1S/C23H30N2O6S/c1-15-12-16(2)17(3)22(13-15)31-18(4)23(26)24-20-14-19(6-7-21(20)29-5)32(27,28)25-8-10-30-11-9-25/h6-7,12-14,18H,8-11H2,1-5H3,(H,24,26)/t18-/m0/s1. The fourth-order valence-corrected chi connectivity index (χ4v) is 4.92. The number of aryl methyl sites for hydroxylation is 2. The Balaban J connectivity index is 1.81. The van der Waals surface area contributed by atoms with Crippen molar-refractivity contribution in [1.29, 1.82) is 0 Å². The summed E-state index contributed by atoms with van der Waals surface area (Å²) in [6, 6.07) is 8.36. The maximum atomic E-state index is 13.0. The van der Waals surface area contributed by atoms with Crippen molar-refractivity contribution < 1.29 is 27.4 Å². The lowest BCUT2D eigenvalue weighted by Crippen LogP contribution is -2.40. The van der Waals surface area contributed by atoms with Gasteiger partial charge in [0.1, 0.15) is 11.5 Å². The molecule has 0 spiro atoms. The molecule has 0 aliphatic carbocycles. The molecule has 0 radical (unpaired) electrons. The second kappa shape index (κ2) is 9.89. The Bertz CT molecular complexity index is 1090. The van der Waals surface area contributed by atoms with E-state index in [9.17, 15) is 13.2 Å². The van der Waals surface area contributed by atoms with E-state index in [0.717, 1.165) is 16.7 Å². The minimum atomic E-state index is -3.71. The third-order valence-electron chi connectivity index (χ3n) is 5.47. The predicted molar refractivity (Wildman–Crippen MR) is 122 cm³/mol. The Hall–Kier alpha value is -2.62. The molecule has 1 aliphatic rings. The first-order valence-electron chi connectivity index (χ1n) is 10.4. The van der Waals surface area contributed by atoms with E-state index in [4.69, 9.17) is 14.2 Å². The highest BCUT2D eigenvalue weighted by Gasteiger charge is 2.28. The Labute approximate surface area is 189 Å². The van der Waals surface area contributed by atoms with E-state index in [1.807, 2.05) is 26.8 Å². The van der Waals surface area contributed by atoms with Crippen molar-refractivity contribution in [3.63, 3.8) is 0 Å².